The van der Waals surface area contributed by atoms with Crippen molar-refractivity contribution >= 4 is 28.3 Å². The average Bonchev–Trinajstić information content (AvgIpc) is 3.10. The molecule has 8 nitrogen and oxygen atoms in total. The lowest BCUT2D eigenvalue weighted by molar-refractivity contribution is 0.0689. The first-order chi connectivity index (χ1) is 12.1. The van der Waals surface area contributed by atoms with Gasteiger partial charge in [-0.25, -0.2) is 9.78 Å². The zero-order chi connectivity index (χ0) is 17.8. The Balaban J connectivity index is 1.72. The van der Waals surface area contributed by atoms with Crippen molar-refractivity contribution < 1.29 is 19.4 Å². The molecule has 0 bridgehead atoms. The highest BCUT2D eigenvalue weighted by Crippen LogP contribution is 2.27. The summed E-state index contributed by atoms with van der Waals surface area (Å²) in [5.74, 6) is -0.775. The van der Waals surface area contributed by atoms with Crippen molar-refractivity contribution in [2.45, 2.75) is 0 Å². The number of benzene rings is 1. The SMILES string of the molecule is COc1ccc(C(=O)Nc2ncc(-c3ccc(C(=O)O)nn3)s2)cc1. The van der Waals surface area contributed by atoms with Crippen molar-refractivity contribution in [1.82, 2.24) is 15.2 Å². The fourth-order valence-electron chi connectivity index (χ4n) is 1.94. The lowest BCUT2D eigenvalue weighted by Crippen LogP contribution is -2.11. The van der Waals surface area contributed by atoms with Gasteiger partial charge in [0.15, 0.2) is 10.8 Å². The fourth-order valence-corrected chi connectivity index (χ4v) is 2.72. The van der Waals surface area contributed by atoms with Gasteiger partial charge in [0.25, 0.3) is 5.91 Å². The predicted molar refractivity (Wildman–Crippen MR) is 91.0 cm³/mol. The molecule has 2 heterocycles. The van der Waals surface area contributed by atoms with Crippen molar-refractivity contribution in [1.29, 1.82) is 0 Å². The number of hydrogen-bond acceptors (Lipinski definition) is 7. The summed E-state index contributed by atoms with van der Waals surface area (Å²) in [6, 6.07) is 9.60. The zero-order valence-corrected chi connectivity index (χ0v) is 13.8. The first-order valence-corrected chi connectivity index (χ1v) is 7.87. The summed E-state index contributed by atoms with van der Waals surface area (Å²) in [4.78, 5) is 27.8. The minimum Gasteiger partial charge on any atom is -0.497 e. The minimum absolute atomic E-state index is 0.138. The van der Waals surface area contributed by atoms with Gasteiger partial charge in [-0.3, -0.25) is 10.1 Å². The number of ether oxygens (including phenoxy) is 1. The highest BCUT2D eigenvalue weighted by Gasteiger charge is 2.12. The van der Waals surface area contributed by atoms with Crippen LogP contribution in [0.1, 0.15) is 20.8 Å². The van der Waals surface area contributed by atoms with E-state index in [0.717, 1.165) is 0 Å². The molecule has 0 fully saturated rings. The smallest absolute Gasteiger partial charge is 0.356 e. The van der Waals surface area contributed by atoms with E-state index >= 15 is 0 Å². The molecule has 1 aromatic carbocycles. The first-order valence-electron chi connectivity index (χ1n) is 7.05. The van der Waals surface area contributed by atoms with Crippen LogP contribution in [0.3, 0.4) is 0 Å². The Morgan fingerprint density at radius 2 is 1.88 bits per heavy atom. The Morgan fingerprint density at radius 3 is 2.48 bits per heavy atom. The van der Waals surface area contributed by atoms with Crippen molar-refractivity contribution in [2.75, 3.05) is 12.4 Å². The molecule has 0 saturated heterocycles. The molecule has 3 aromatic rings. The molecule has 3 rings (SSSR count). The monoisotopic (exact) mass is 356 g/mol. The number of rotatable bonds is 5. The molecule has 0 aliphatic carbocycles. The van der Waals surface area contributed by atoms with Gasteiger partial charge in [0.1, 0.15) is 11.4 Å². The molecule has 0 atom stereocenters. The van der Waals surface area contributed by atoms with Gasteiger partial charge < -0.3 is 9.84 Å². The maximum atomic E-state index is 12.2. The van der Waals surface area contributed by atoms with Crippen LogP contribution in [-0.2, 0) is 0 Å². The van der Waals surface area contributed by atoms with Gasteiger partial charge in [-0.05, 0) is 36.4 Å². The van der Waals surface area contributed by atoms with Crippen molar-refractivity contribution in [3.8, 4) is 16.3 Å². The Bertz CT molecular complexity index is 907. The number of anilines is 1. The van der Waals surface area contributed by atoms with E-state index in [-0.39, 0.29) is 11.6 Å². The molecular formula is C16H12N4O4S. The van der Waals surface area contributed by atoms with Crippen molar-refractivity contribution in [3.63, 3.8) is 0 Å². The normalized spacial score (nSPS) is 10.3. The number of nitrogens with zero attached hydrogens (tertiary/aromatic N) is 3. The molecule has 0 aliphatic heterocycles. The third-order valence-electron chi connectivity index (χ3n) is 3.21. The molecule has 9 heteroatoms. The summed E-state index contributed by atoms with van der Waals surface area (Å²) in [5, 5.41) is 19.4. The molecular weight excluding hydrogens is 344 g/mol. The number of thiazole rings is 1. The van der Waals surface area contributed by atoms with Gasteiger partial charge in [0.05, 0.1) is 12.0 Å². The number of carboxylic acids is 1. The third-order valence-corrected chi connectivity index (χ3v) is 4.15. The number of amides is 1. The van der Waals surface area contributed by atoms with E-state index in [0.29, 0.717) is 27.0 Å². The number of carboxylic acid groups (broad SMARTS) is 1. The predicted octanol–water partition coefficient (Wildman–Crippen LogP) is 2.56. The molecule has 0 aliphatic rings. The van der Waals surface area contributed by atoms with Crippen LogP contribution in [0.25, 0.3) is 10.6 Å². The van der Waals surface area contributed by atoms with E-state index in [9.17, 15) is 9.59 Å². The van der Waals surface area contributed by atoms with Crippen LogP contribution >= 0.6 is 11.3 Å². The Labute approximate surface area is 146 Å². The number of nitrogens with one attached hydrogen (secondary N) is 1. The standard InChI is InChI=1S/C16H12N4O4S/c1-24-10-4-2-9(3-5-10)14(21)18-16-17-8-13(25-16)11-6-7-12(15(22)23)20-19-11/h2-8H,1H3,(H,22,23)(H,17,18,21). The van der Waals surface area contributed by atoms with Gasteiger partial charge in [-0.1, -0.05) is 11.3 Å². The van der Waals surface area contributed by atoms with Gasteiger partial charge in [-0.15, -0.1) is 10.2 Å². The Morgan fingerprint density at radius 1 is 1.12 bits per heavy atom. The quantitative estimate of drug-likeness (QED) is 0.722. The summed E-state index contributed by atoms with van der Waals surface area (Å²) in [7, 11) is 1.55. The van der Waals surface area contributed by atoms with Crippen LogP contribution in [0.5, 0.6) is 5.75 Å². The highest BCUT2D eigenvalue weighted by molar-refractivity contribution is 7.19. The topological polar surface area (TPSA) is 114 Å². The molecule has 126 valence electrons. The molecule has 2 N–H and O–H groups in total. The van der Waals surface area contributed by atoms with Crippen LogP contribution in [0.2, 0.25) is 0 Å². The summed E-state index contributed by atoms with van der Waals surface area (Å²) in [5.41, 5.74) is 0.817. The second kappa shape index (κ2) is 7.05. The lowest BCUT2D eigenvalue weighted by atomic mass is 10.2. The van der Waals surface area contributed by atoms with Crippen LogP contribution in [0.4, 0.5) is 5.13 Å². The van der Waals surface area contributed by atoms with E-state index in [2.05, 4.69) is 20.5 Å². The summed E-state index contributed by atoms with van der Waals surface area (Å²) < 4.78 is 5.05. The largest absolute Gasteiger partial charge is 0.497 e. The van der Waals surface area contributed by atoms with Crippen molar-refractivity contribution in [3.05, 3.63) is 53.9 Å². The van der Waals surface area contributed by atoms with E-state index in [4.69, 9.17) is 9.84 Å². The number of methoxy groups -OCH3 is 1. The van der Waals surface area contributed by atoms with Crippen molar-refractivity contribution in [2.24, 2.45) is 0 Å². The van der Waals surface area contributed by atoms with Gasteiger partial charge >= 0.3 is 5.97 Å². The zero-order valence-electron chi connectivity index (χ0n) is 13.0. The lowest BCUT2D eigenvalue weighted by Gasteiger charge is -2.03. The Hall–Kier alpha value is -3.33. The maximum Gasteiger partial charge on any atom is 0.356 e. The summed E-state index contributed by atoms with van der Waals surface area (Å²) in [6.45, 7) is 0. The molecule has 0 radical (unpaired) electrons. The van der Waals surface area contributed by atoms with Gasteiger partial charge in [-0.2, -0.15) is 0 Å². The highest BCUT2D eigenvalue weighted by atomic mass is 32.1. The minimum atomic E-state index is -1.14. The first kappa shape index (κ1) is 16.5. The summed E-state index contributed by atoms with van der Waals surface area (Å²) in [6.07, 6.45) is 1.54. The van der Waals surface area contributed by atoms with Crippen LogP contribution in [0.15, 0.2) is 42.6 Å². The van der Waals surface area contributed by atoms with E-state index in [1.807, 2.05) is 0 Å². The van der Waals surface area contributed by atoms with Gasteiger partial charge in [0, 0.05) is 11.8 Å². The Kier molecular flexibility index (Phi) is 4.66. The molecule has 2 aromatic heterocycles. The molecule has 0 saturated carbocycles. The molecule has 0 unspecified atom stereocenters. The van der Waals surface area contributed by atoms with Gasteiger partial charge in [0.2, 0.25) is 0 Å². The van der Waals surface area contributed by atoms with E-state index in [1.54, 1.807) is 43.6 Å². The second-order valence-corrected chi connectivity index (χ2v) is 5.85. The third kappa shape index (κ3) is 3.78. The molecule has 1 amide bonds. The number of hydrogen-bond donors (Lipinski definition) is 2. The number of carbonyl (C=O) groups is 2. The van der Waals surface area contributed by atoms with E-state index < -0.39 is 5.97 Å². The number of aromatic nitrogens is 3. The van der Waals surface area contributed by atoms with E-state index in [1.165, 1.54) is 17.4 Å². The fraction of sp³-hybridized carbons (Fsp3) is 0.0625. The van der Waals surface area contributed by atoms with Crippen LogP contribution in [-0.4, -0.2) is 39.3 Å². The number of aromatic carboxylic acids is 1. The second-order valence-electron chi connectivity index (χ2n) is 4.82. The van der Waals surface area contributed by atoms with Crippen LogP contribution < -0.4 is 10.1 Å². The summed E-state index contributed by atoms with van der Waals surface area (Å²) >= 11 is 1.21. The molecule has 0 spiro atoms. The maximum absolute atomic E-state index is 12.2. The molecule has 25 heavy (non-hydrogen) atoms. The number of carbonyl (C=O) groups excluding carboxylic acids is 1. The van der Waals surface area contributed by atoms with Crippen LogP contribution in [0, 0.1) is 0 Å². The average molecular weight is 356 g/mol.